The highest BCUT2D eigenvalue weighted by atomic mass is 15.1. The lowest BCUT2D eigenvalue weighted by Gasteiger charge is -2.30. The van der Waals surface area contributed by atoms with Crippen LogP contribution in [-0.2, 0) is 5.41 Å². The zero-order valence-corrected chi connectivity index (χ0v) is 34.0. The second-order valence-electron chi connectivity index (χ2n) is 15.5. The first-order chi connectivity index (χ1) is 27.7. The van der Waals surface area contributed by atoms with Crippen LogP contribution in [0.5, 0.6) is 0 Å². The van der Waals surface area contributed by atoms with Gasteiger partial charge in [0.05, 0.1) is 0 Å². The number of hydrogen-bond acceptors (Lipinski definition) is 2. The summed E-state index contributed by atoms with van der Waals surface area (Å²) in [5.41, 5.74) is 19.0. The van der Waals surface area contributed by atoms with Crippen molar-refractivity contribution in [2.24, 2.45) is 0 Å². The molecule has 0 saturated carbocycles. The molecule has 0 spiro atoms. The van der Waals surface area contributed by atoms with Crippen LogP contribution in [0.3, 0.4) is 0 Å². The van der Waals surface area contributed by atoms with Crippen LogP contribution in [0.1, 0.15) is 61.1 Å². The van der Waals surface area contributed by atoms with E-state index in [0.29, 0.717) is 0 Å². The zero-order chi connectivity index (χ0) is 39.8. The average Bonchev–Trinajstić information content (AvgIpc) is 3.47. The normalized spacial score (nSPS) is 13.2. The van der Waals surface area contributed by atoms with E-state index in [4.69, 9.17) is 0 Å². The van der Waals surface area contributed by atoms with E-state index >= 15 is 0 Å². The first-order valence-corrected chi connectivity index (χ1v) is 19.9. The fourth-order valence-electron chi connectivity index (χ4n) is 8.81. The number of benzene rings is 7. The summed E-state index contributed by atoms with van der Waals surface area (Å²) in [6.07, 6.45) is 8.05. The van der Waals surface area contributed by atoms with E-state index in [1.165, 1.54) is 49.8 Å². The molecule has 280 valence electrons. The van der Waals surface area contributed by atoms with Gasteiger partial charge in [0.15, 0.2) is 0 Å². The molecule has 0 unspecified atom stereocenters. The van der Waals surface area contributed by atoms with Gasteiger partial charge in [-0.05, 0) is 155 Å². The highest BCUT2D eigenvalue weighted by molar-refractivity contribution is 6.00. The Hall–Kier alpha value is -6.64. The number of aryl methyl sites for hydroxylation is 2. The van der Waals surface area contributed by atoms with Crippen molar-refractivity contribution < 1.29 is 0 Å². The lowest BCUT2D eigenvalue weighted by Crippen LogP contribution is -2.17. The molecule has 0 saturated heterocycles. The SMILES string of the molecule is C=CC(=CC)c1ccc(N(c2ccc3c(c2)C(C)(C)c2c-3ccc3cc(N(c4ccc(C(C=C)=CC)cc4)c4ccccc4C)ccc23)c2ccccc2C)cc1. The third-order valence-corrected chi connectivity index (χ3v) is 11.8. The molecule has 2 nitrogen and oxygen atoms in total. The molecule has 8 rings (SSSR count). The van der Waals surface area contributed by atoms with Crippen molar-refractivity contribution in [3.8, 4) is 11.1 Å². The smallest absolute Gasteiger partial charge is 0.0490 e. The van der Waals surface area contributed by atoms with Crippen molar-refractivity contribution in [3.63, 3.8) is 0 Å². The van der Waals surface area contributed by atoms with E-state index in [-0.39, 0.29) is 5.41 Å². The molecule has 0 fully saturated rings. The van der Waals surface area contributed by atoms with Crippen molar-refractivity contribution in [3.05, 3.63) is 216 Å². The van der Waals surface area contributed by atoms with Crippen LogP contribution in [0.2, 0.25) is 0 Å². The highest BCUT2D eigenvalue weighted by Crippen LogP contribution is 2.53. The Balaban J connectivity index is 1.22. The van der Waals surface area contributed by atoms with Crippen molar-refractivity contribution in [1.82, 2.24) is 0 Å². The van der Waals surface area contributed by atoms with Crippen molar-refractivity contribution in [2.75, 3.05) is 9.80 Å². The summed E-state index contributed by atoms with van der Waals surface area (Å²) in [5.74, 6) is 0. The molecule has 0 N–H and O–H groups in total. The van der Waals surface area contributed by atoms with Crippen LogP contribution in [0.15, 0.2) is 183 Å². The lowest BCUT2D eigenvalue weighted by atomic mass is 9.80. The summed E-state index contributed by atoms with van der Waals surface area (Å²) in [5, 5.41) is 2.52. The van der Waals surface area contributed by atoms with E-state index in [1.54, 1.807) is 0 Å². The molecule has 0 bridgehead atoms. The van der Waals surface area contributed by atoms with Crippen LogP contribution in [0.4, 0.5) is 34.1 Å². The molecule has 0 radical (unpaired) electrons. The number of nitrogens with zero attached hydrogens (tertiary/aromatic N) is 2. The van der Waals surface area contributed by atoms with Crippen molar-refractivity contribution in [2.45, 2.75) is 47.0 Å². The van der Waals surface area contributed by atoms with Crippen LogP contribution in [-0.4, -0.2) is 0 Å². The molecule has 0 heterocycles. The molecule has 57 heavy (non-hydrogen) atoms. The Bertz CT molecular complexity index is 2720. The monoisotopic (exact) mass is 738 g/mol. The van der Waals surface area contributed by atoms with Gasteiger partial charge in [0.25, 0.3) is 0 Å². The Morgan fingerprint density at radius 3 is 1.46 bits per heavy atom. The minimum absolute atomic E-state index is 0.227. The molecule has 0 aliphatic heterocycles. The highest BCUT2D eigenvalue weighted by Gasteiger charge is 2.37. The molecule has 1 aliphatic rings. The number of hydrogen-bond donors (Lipinski definition) is 0. The molecule has 7 aromatic carbocycles. The van der Waals surface area contributed by atoms with Gasteiger partial charge in [-0.15, -0.1) is 0 Å². The lowest BCUT2D eigenvalue weighted by molar-refractivity contribution is 0.666. The topological polar surface area (TPSA) is 6.48 Å². The number of allylic oxidation sites excluding steroid dienone is 6. The fraction of sp³-hybridized carbons (Fsp3) is 0.127. The molecular formula is C55H50N2. The molecular weight excluding hydrogens is 689 g/mol. The molecule has 0 amide bonds. The quantitative estimate of drug-likeness (QED) is 0.129. The predicted molar refractivity (Wildman–Crippen MR) is 248 cm³/mol. The summed E-state index contributed by atoms with van der Waals surface area (Å²) in [4.78, 5) is 4.78. The van der Waals surface area contributed by atoms with Gasteiger partial charge in [0, 0.05) is 39.5 Å². The van der Waals surface area contributed by atoms with Crippen LogP contribution >= 0.6 is 0 Å². The van der Waals surface area contributed by atoms with E-state index in [0.717, 1.165) is 50.7 Å². The maximum absolute atomic E-state index is 4.02. The molecule has 0 atom stereocenters. The summed E-state index contributed by atoms with van der Waals surface area (Å²) in [6, 6.07) is 53.6. The Morgan fingerprint density at radius 1 is 0.509 bits per heavy atom. The second kappa shape index (κ2) is 15.1. The number of anilines is 6. The average molecular weight is 739 g/mol. The first-order valence-electron chi connectivity index (χ1n) is 19.9. The van der Waals surface area contributed by atoms with Crippen molar-refractivity contribution in [1.29, 1.82) is 0 Å². The van der Waals surface area contributed by atoms with E-state index in [1.807, 2.05) is 12.2 Å². The van der Waals surface area contributed by atoms with Crippen LogP contribution in [0.25, 0.3) is 33.0 Å². The maximum atomic E-state index is 4.02. The fourth-order valence-corrected chi connectivity index (χ4v) is 8.81. The van der Waals surface area contributed by atoms with Gasteiger partial charge in [-0.3, -0.25) is 0 Å². The maximum Gasteiger partial charge on any atom is 0.0490 e. The minimum Gasteiger partial charge on any atom is -0.310 e. The summed E-state index contributed by atoms with van der Waals surface area (Å²) in [6.45, 7) is 21.3. The summed E-state index contributed by atoms with van der Waals surface area (Å²) >= 11 is 0. The first kappa shape index (κ1) is 37.3. The van der Waals surface area contributed by atoms with Gasteiger partial charge < -0.3 is 9.80 Å². The Morgan fingerprint density at radius 2 is 0.965 bits per heavy atom. The Kier molecular flexibility index (Phi) is 9.90. The third-order valence-electron chi connectivity index (χ3n) is 11.8. The van der Waals surface area contributed by atoms with Gasteiger partial charge in [-0.1, -0.05) is 136 Å². The Labute approximate surface area is 339 Å². The van der Waals surface area contributed by atoms with Gasteiger partial charge in [0.1, 0.15) is 0 Å². The largest absolute Gasteiger partial charge is 0.310 e. The van der Waals surface area contributed by atoms with Gasteiger partial charge in [0.2, 0.25) is 0 Å². The van der Waals surface area contributed by atoms with E-state index in [9.17, 15) is 0 Å². The predicted octanol–water partition coefficient (Wildman–Crippen LogP) is 15.9. The molecule has 0 aromatic heterocycles. The molecule has 1 aliphatic carbocycles. The van der Waals surface area contributed by atoms with Gasteiger partial charge in [-0.25, -0.2) is 0 Å². The molecule has 2 heteroatoms. The van der Waals surface area contributed by atoms with E-state index in [2.05, 4.69) is 222 Å². The standard InChI is InChI=1S/C55H50N2/c1-9-39(10-2)41-21-26-44(27-22-41)56(52-19-15-13-17-37(52)5)46-30-33-48-43(35-46)25-32-50-49-34-31-47(36-51(49)55(7,8)54(48)50)57(53-20-16-14-18-38(53)6)45-28-23-42(24-29-45)40(11-3)12-4/h9-36H,1,3H2,2,4-8H3. The third kappa shape index (κ3) is 6.51. The zero-order valence-electron chi connectivity index (χ0n) is 34.0. The summed E-state index contributed by atoms with van der Waals surface area (Å²) < 4.78 is 0. The number of rotatable bonds is 10. The van der Waals surface area contributed by atoms with Crippen molar-refractivity contribution >= 4 is 56.0 Å². The number of para-hydroxylation sites is 2. The van der Waals surface area contributed by atoms with Crippen LogP contribution < -0.4 is 9.80 Å². The minimum atomic E-state index is -0.227. The van der Waals surface area contributed by atoms with Crippen LogP contribution in [0, 0.1) is 13.8 Å². The molecule has 7 aromatic rings. The van der Waals surface area contributed by atoms with Gasteiger partial charge in [-0.2, -0.15) is 0 Å². The summed E-state index contributed by atoms with van der Waals surface area (Å²) in [7, 11) is 0. The number of fused-ring (bicyclic) bond motifs is 5. The van der Waals surface area contributed by atoms with Gasteiger partial charge >= 0.3 is 0 Å². The van der Waals surface area contributed by atoms with E-state index < -0.39 is 0 Å². The second-order valence-corrected chi connectivity index (χ2v) is 15.5.